The Morgan fingerprint density at radius 1 is 1.10 bits per heavy atom. The first-order chi connectivity index (χ1) is 14.1. The fourth-order valence-corrected chi connectivity index (χ4v) is 6.74. The van der Waals surface area contributed by atoms with Gasteiger partial charge in [0.25, 0.3) is 0 Å². The smallest absolute Gasteiger partial charge is 0.0811 e. The summed E-state index contributed by atoms with van der Waals surface area (Å²) >= 11 is 0. The van der Waals surface area contributed by atoms with Crippen molar-refractivity contribution in [3.05, 3.63) is 35.5 Å². The van der Waals surface area contributed by atoms with Crippen LogP contribution in [0.25, 0.3) is 0 Å². The van der Waals surface area contributed by atoms with E-state index >= 15 is 0 Å². The number of fused-ring (bicyclic) bond motifs is 1. The second-order valence-corrected chi connectivity index (χ2v) is 11.4. The van der Waals surface area contributed by atoms with Gasteiger partial charge < -0.3 is 10.2 Å². The molecule has 2 nitrogen and oxygen atoms in total. The van der Waals surface area contributed by atoms with E-state index in [1.807, 2.05) is 0 Å². The third-order valence-electron chi connectivity index (χ3n) is 9.20. The SMILES string of the molecule is C=C1/C(=C\C=C2\CCCC3(C)C2CCC3C(C)CCC(C)C(C)C)CC(O)CC1O. The fraction of sp³-hybridized carbons (Fsp3) is 0.786. The monoisotopic (exact) mass is 414 g/mol. The maximum Gasteiger partial charge on any atom is 0.0811 e. The van der Waals surface area contributed by atoms with Crippen molar-refractivity contribution < 1.29 is 10.2 Å². The lowest BCUT2D eigenvalue weighted by Gasteiger charge is -2.44. The van der Waals surface area contributed by atoms with Gasteiger partial charge in [-0.05, 0) is 84.7 Å². The van der Waals surface area contributed by atoms with E-state index in [2.05, 4.69) is 53.3 Å². The summed E-state index contributed by atoms with van der Waals surface area (Å²) in [6.45, 7) is 16.3. The molecule has 0 saturated heterocycles. The predicted molar refractivity (Wildman–Crippen MR) is 127 cm³/mol. The van der Waals surface area contributed by atoms with E-state index < -0.39 is 12.2 Å². The summed E-state index contributed by atoms with van der Waals surface area (Å²) in [5.41, 5.74) is 3.87. The Kier molecular flexibility index (Phi) is 7.72. The lowest BCUT2D eigenvalue weighted by Crippen LogP contribution is -2.36. The molecule has 0 amide bonds. The molecule has 0 aliphatic heterocycles. The molecular formula is C28H46O2. The summed E-state index contributed by atoms with van der Waals surface area (Å²) in [5, 5.41) is 20.2. The van der Waals surface area contributed by atoms with Crippen LogP contribution in [-0.4, -0.2) is 22.4 Å². The van der Waals surface area contributed by atoms with Gasteiger partial charge in [0.1, 0.15) is 0 Å². The fourth-order valence-electron chi connectivity index (χ4n) is 6.74. The first-order valence-electron chi connectivity index (χ1n) is 12.6. The molecule has 3 rings (SSSR count). The van der Waals surface area contributed by atoms with Crippen LogP contribution in [0.15, 0.2) is 35.5 Å². The molecule has 3 aliphatic rings. The summed E-state index contributed by atoms with van der Waals surface area (Å²) in [4.78, 5) is 0. The lowest BCUT2D eigenvalue weighted by molar-refractivity contribution is 0.0861. The number of rotatable bonds is 6. The number of allylic oxidation sites excluding steroid dienone is 3. The minimum Gasteiger partial charge on any atom is -0.393 e. The highest BCUT2D eigenvalue weighted by Gasteiger charge is 2.50. The zero-order valence-electron chi connectivity index (χ0n) is 20.2. The van der Waals surface area contributed by atoms with Crippen LogP contribution in [0.3, 0.4) is 0 Å². The largest absolute Gasteiger partial charge is 0.393 e. The molecule has 0 aromatic heterocycles. The number of hydrogen-bond donors (Lipinski definition) is 2. The van der Waals surface area contributed by atoms with E-state index in [1.165, 1.54) is 44.9 Å². The highest BCUT2D eigenvalue weighted by atomic mass is 16.3. The van der Waals surface area contributed by atoms with Crippen molar-refractivity contribution in [2.45, 2.75) is 105 Å². The van der Waals surface area contributed by atoms with Crippen molar-refractivity contribution >= 4 is 0 Å². The molecule has 3 saturated carbocycles. The van der Waals surface area contributed by atoms with Gasteiger partial charge in [-0.3, -0.25) is 0 Å². The summed E-state index contributed by atoms with van der Waals surface area (Å²) in [6.07, 6.45) is 13.8. The Labute approximate surface area is 185 Å². The first kappa shape index (κ1) is 23.8. The van der Waals surface area contributed by atoms with Crippen LogP contribution < -0.4 is 0 Å². The van der Waals surface area contributed by atoms with Crippen molar-refractivity contribution in [3.63, 3.8) is 0 Å². The normalized spacial score (nSPS) is 39.5. The molecule has 170 valence electrons. The summed E-state index contributed by atoms with van der Waals surface area (Å²) in [5.74, 6) is 3.95. The van der Waals surface area contributed by atoms with Gasteiger partial charge in [-0.25, -0.2) is 0 Å². The third kappa shape index (κ3) is 4.96. The van der Waals surface area contributed by atoms with E-state index in [9.17, 15) is 10.2 Å². The van der Waals surface area contributed by atoms with E-state index in [0.29, 0.717) is 24.2 Å². The Balaban J connectivity index is 1.72. The molecule has 0 heterocycles. The lowest BCUT2D eigenvalue weighted by atomic mass is 9.60. The molecule has 7 unspecified atom stereocenters. The molecule has 0 spiro atoms. The van der Waals surface area contributed by atoms with Gasteiger partial charge in [-0.15, -0.1) is 0 Å². The van der Waals surface area contributed by atoms with Crippen molar-refractivity contribution in [2.24, 2.45) is 35.0 Å². The standard InChI is InChI=1S/C28H46O2/c1-18(2)19(3)9-10-20(4)25-13-14-26-22(8-7-15-28(25,26)6)11-12-23-16-24(29)17-27(30)21(23)5/h11-12,18-20,24-27,29-30H,5,7-10,13-17H2,1-4,6H3/b22-11-,23-12-. The molecule has 2 heteroatoms. The minimum atomic E-state index is -0.597. The van der Waals surface area contributed by atoms with Crippen molar-refractivity contribution in [1.29, 1.82) is 0 Å². The molecule has 0 radical (unpaired) electrons. The highest BCUT2D eigenvalue weighted by Crippen LogP contribution is 2.60. The van der Waals surface area contributed by atoms with Gasteiger partial charge in [-0.2, -0.15) is 0 Å². The Morgan fingerprint density at radius 2 is 1.83 bits per heavy atom. The van der Waals surface area contributed by atoms with E-state index in [4.69, 9.17) is 0 Å². The van der Waals surface area contributed by atoms with Gasteiger partial charge in [0.2, 0.25) is 0 Å². The van der Waals surface area contributed by atoms with E-state index in [1.54, 1.807) is 5.57 Å². The Hall–Kier alpha value is -0.860. The summed E-state index contributed by atoms with van der Waals surface area (Å²) in [6, 6.07) is 0. The maximum atomic E-state index is 10.1. The van der Waals surface area contributed by atoms with Crippen LogP contribution in [0.1, 0.15) is 92.4 Å². The van der Waals surface area contributed by atoms with Crippen LogP contribution in [0.5, 0.6) is 0 Å². The van der Waals surface area contributed by atoms with Crippen LogP contribution >= 0.6 is 0 Å². The average molecular weight is 415 g/mol. The summed E-state index contributed by atoms with van der Waals surface area (Å²) in [7, 11) is 0. The minimum absolute atomic E-state index is 0.419. The first-order valence-corrected chi connectivity index (χ1v) is 12.6. The Morgan fingerprint density at radius 3 is 2.53 bits per heavy atom. The molecular weight excluding hydrogens is 368 g/mol. The molecule has 2 N–H and O–H groups in total. The molecule has 0 aromatic rings. The molecule has 30 heavy (non-hydrogen) atoms. The van der Waals surface area contributed by atoms with Crippen LogP contribution in [0.4, 0.5) is 0 Å². The molecule has 7 atom stereocenters. The number of hydrogen-bond acceptors (Lipinski definition) is 2. The van der Waals surface area contributed by atoms with Crippen LogP contribution in [0.2, 0.25) is 0 Å². The van der Waals surface area contributed by atoms with Crippen LogP contribution in [0, 0.1) is 35.0 Å². The number of aliphatic hydroxyl groups is 2. The zero-order valence-corrected chi connectivity index (χ0v) is 20.2. The van der Waals surface area contributed by atoms with Crippen molar-refractivity contribution in [1.82, 2.24) is 0 Å². The van der Waals surface area contributed by atoms with Crippen molar-refractivity contribution in [3.8, 4) is 0 Å². The predicted octanol–water partition coefficient (Wildman–Crippen LogP) is 6.84. The van der Waals surface area contributed by atoms with Crippen LogP contribution in [-0.2, 0) is 0 Å². The second kappa shape index (κ2) is 9.74. The third-order valence-corrected chi connectivity index (χ3v) is 9.20. The summed E-state index contributed by atoms with van der Waals surface area (Å²) < 4.78 is 0. The zero-order chi connectivity index (χ0) is 22.1. The van der Waals surface area contributed by atoms with Gasteiger partial charge in [-0.1, -0.05) is 71.8 Å². The molecule has 0 bridgehead atoms. The van der Waals surface area contributed by atoms with Gasteiger partial charge in [0, 0.05) is 6.42 Å². The van der Waals surface area contributed by atoms with E-state index in [-0.39, 0.29) is 0 Å². The second-order valence-electron chi connectivity index (χ2n) is 11.4. The van der Waals surface area contributed by atoms with Gasteiger partial charge in [0.15, 0.2) is 0 Å². The topological polar surface area (TPSA) is 40.5 Å². The molecule has 3 aliphatic carbocycles. The molecule has 0 aromatic carbocycles. The van der Waals surface area contributed by atoms with Gasteiger partial charge in [0.05, 0.1) is 12.2 Å². The average Bonchev–Trinajstić information content (AvgIpc) is 3.04. The Bertz CT molecular complexity index is 672. The highest BCUT2D eigenvalue weighted by molar-refractivity contribution is 5.38. The van der Waals surface area contributed by atoms with Gasteiger partial charge >= 0.3 is 0 Å². The van der Waals surface area contributed by atoms with Crippen molar-refractivity contribution in [2.75, 3.05) is 0 Å². The maximum absolute atomic E-state index is 10.1. The number of aliphatic hydroxyl groups excluding tert-OH is 2. The quantitative estimate of drug-likeness (QED) is 0.500. The van der Waals surface area contributed by atoms with E-state index in [0.717, 1.165) is 34.8 Å². The molecule has 3 fully saturated rings.